The maximum atomic E-state index is 10.5. The van der Waals surface area contributed by atoms with Crippen molar-refractivity contribution in [2.24, 2.45) is 0 Å². The Balaban J connectivity index is 2.96. The monoisotopic (exact) mass is 178 g/mol. The van der Waals surface area contributed by atoms with Crippen LogP contribution in [0.15, 0.2) is 18.2 Å². The van der Waals surface area contributed by atoms with Crippen LogP contribution in [0.4, 0.5) is 0 Å². The maximum Gasteiger partial charge on any atom is 0.150 e. The minimum atomic E-state index is 0.139. The molecule has 0 amide bonds. The standard InChI is InChI=1S/C11H14O2/c1-8(2)13-11-6-10(7-12)5-4-9(11)3/h4-8H,1-3H3. The summed E-state index contributed by atoms with van der Waals surface area (Å²) in [6, 6.07) is 5.44. The summed E-state index contributed by atoms with van der Waals surface area (Å²) in [5.74, 6) is 0.791. The lowest BCUT2D eigenvalue weighted by Crippen LogP contribution is -2.06. The molecule has 13 heavy (non-hydrogen) atoms. The molecule has 1 rings (SSSR count). The fraction of sp³-hybridized carbons (Fsp3) is 0.364. The van der Waals surface area contributed by atoms with Crippen LogP contribution in [0, 0.1) is 6.92 Å². The first-order valence-corrected chi connectivity index (χ1v) is 4.36. The first kappa shape index (κ1) is 9.78. The van der Waals surface area contributed by atoms with Gasteiger partial charge < -0.3 is 4.74 Å². The molecule has 0 N–H and O–H groups in total. The van der Waals surface area contributed by atoms with Crippen LogP contribution in [0.1, 0.15) is 29.8 Å². The zero-order valence-electron chi connectivity index (χ0n) is 8.20. The van der Waals surface area contributed by atoms with Gasteiger partial charge in [0.05, 0.1) is 6.10 Å². The zero-order valence-corrected chi connectivity index (χ0v) is 8.20. The Morgan fingerprint density at radius 1 is 1.38 bits per heavy atom. The van der Waals surface area contributed by atoms with Gasteiger partial charge in [-0.15, -0.1) is 0 Å². The van der Waals surface area contributed by atoms with Crippen molar-refractivity contribution >= 4 is 6.29 Å². The molecule has 2 heteroatoms. The number of rotatable bonds is 3. The van der Waals surface area contributed by atoms with Crippen LogP contribution in [-0.4, -0.2) is 12.4 Å². The van der Waals surface area contributed by atoms with Gasteiger partial charge in [-0.05, 0) is 32.4 Å². The highest BCUT2D eigenvalue weighted by Crippen LogP contribution is 2.19. The molecule has 0 aromatic heterocycles. The topological polar surface area (TPSA) is 26.3 Å². The molecule has 0 aliphatic heterocycles. The minimum absolute atomic E-state index is 0.139. The van der Waals surface area contributed by atoms with Crippen LogP contribution in [0.5, 0.6) is 5.75 Å². The van der Waals surface area contributed by atoms with Crippen LogP contribution in [-0.2, 0) is 0 Å². The van der Waals surface area contributed by atoms with E-state index in [1.54, 1.807) is 12.1 Å². The molecule has 2 nitrogen and oxygen atoms in total. The van der Waals surface area contributed by atoms with E-state index in [4.69, 9.17) is 4.74 Å². The Hall–Kier alpha value is -1.31. The normalized spacial score (nSPS) is 10.2. The van der Waals surface area contributed by atoms with Crippen LogP contribution >= 0.6 is 0 Å². The lowest BCUT2D eigenvalue weighted by Gasteiger charge is -2.12. The van der Waals surface area contributed by atoms with Gasteiger partial charge in [-0.1, -0.05) is 12.1 Å². The van der Waals surface area contributed by atoms with E-state index in [1.165, 1.54) is 0 Å². The number of ether oxygens (including phenoxy) is 1. The number of hydrogen-bond acceptors (Lipinski definition) is 2. The van der Waals surface area contributed by atoms with Crippen molar-refractivity contribution < 1.29 is 9.53 Å². The Morgan fingerprint density at radius 2 is 2.08 bits per heavy atom. The van der Waals surface area contributed by atoms with Crippen molar-refractivity contribution in [3.8, 4) is 5.75 Å². The van der Waals surface area contributed by atoms with Crippen molar-refractivity contribution in [2.75, 3.05) is 0 Å². The minimum Gasteiger partial charge on any atom is -0.491 e. The number of carbonyl (C=O) groups is 1. The molecule has 0 radical (unpaired) electrons. The Bertz CT molecular complexity index is 303. The number of benzene rings is 1. The van der Waals surface area contributed by atoms with Gasteiger partial charge in [-0.3, -0.25) is 4.79 Å². The van der Waals surface area contributed by atoms with Gasteiger partial charge in [-0.2, -0.15) is 0 Å². The number of aldehydes is 1. The molecule has 70 valence electrons. The fourth-order valence-electron chi connectivity index (χ4n) is 1.07. The molecule has 1 aromatic rings. The molecular formula is C11H14O2. The quantitative estimate of drug-likeness (QED) is 0.665. The highest BCUT2D eigenvalue weighted by Gasteiger charge is 2.02. The third-order valence-corrected chi connectivity index (χ3v) is 1.71. The molecule has 0 bridgehead atoms. The van der Waals surface area contributed by atoms with Crippen molar-refractivity contribution in [1.82, 2.24) is 0 Å². The predicted molar refractivity (Wildman–Crippen MR) is 52.3 cm³/mol. The van der Waals surface area contributed by atoms with Gasteiger partial charge in [-0.25, -0.2) is 0 Å². The maximum absolute atomic E-state index is 10.5. The lowest BCUT2D eigenvalue weighted by atomic mass is 10.1. The molecule has 0 heterocycles. The first-order valence-electron chi connectivity index (χ1n) is 4.36. The van der Waals surface area contributed by atoms with Gasteiger partial charge >= 0.3 is 0 Å². The average molecular weight is 178 g/mol. The smallest absolute Gasteiger partial charge is 0.150 e. The van der Waals surface area contributed by atoms with E-state index in [0.717, 1.165) is 17.6 Å². The molecule has 0 aliphatic rings. The van der Waals surface area contributed by atoms with Crippen LogP contribution in [0.25, 0.3) is 0 Å². The SMILES string of the molecule is Cc1ccc(C=O)cc1OC(C)C. The molecule has 0 saturated heterocycles. The second-order valence-corrected chi connectivity index (χ2v) is 3.31. The highest BCUT2D eigenvalue weighted by atomic mass is 16.5. The van der Waals surface area contributed by atoms with Gasteiger partial charge in [0.2, 0.25) is 0 Å². The first-order chi connectivity index (χ1) is 6.13. The molecule has 1 aromatic carbocycles. The Kier molecular flexibility index (Phi) is 3.07. The van der Waals surface area contributed by atoms with E-state index in [-0.39, 0.29) is 6.10 Å². The van der Waals surface area contributed by atoms with E-state index in [9.17, 15) is 4.79 Å². The lowest BCUT2D eigenvalue weighted by molar-refractivity contribution is 0.112. The molecule has 0 atom stereocenters. The van der Waals surface area contributed by atoms with E-state index in [2.05, 4.69) is 0 Å². The summed E-state index contributed by atoms with van der Waals surface area (Å²) in [6.07, 6.45) is 0.965. The van der Waals surface area contributed by atoms with E-state index < -0.39 is 0 Å². The van der Waals surface area contributed by atoms with Crippen LogP contribution in [0.3, 0.4) is 0 Å². The number of aryl methyl sites for hydroxylation is 1. The largest absolute Gasteiger partial charge is 0.491 e. The second kappa shape index (κ2) is 4.08. The highest BCUT2D eigenvalue weighted by molar-refractivity contribution is 5.75. The summed E-state index contributed by atoms with van der Waals surface area (Å²) in [5.41, 5.74) is 1.71. The van der Waals surface area contributed by atoms with Gasteiger partial charge in [0, 0.05) is 5.56 Å². The van der Waals surface area contributed by atoms with Crippen LogP contribution < -0.4 is 4.74 Å². The molecular weight excluding hydrogens is 164 g/mol. The summed E-state index contributed by atoms with van der Waals surface area (Å²) in [6.45, 7) is 5.90. The molecule has 0 aliphatic carbocycles. The Morgan fingerprint density at radius 3 is 2.62 bits per heavy atom. The number of carbonyl (C=O) groups excluding carboxylic acids is 1. The Labute approximate surface area is 78.5 Å². The van der Waals surface area contributed by atoms with Gasteiger partial charge in [0.1, 0.15) is 12.0 Å². The average Bonchev–Trinajstić information content (AvgIpc) is 2.08. The summed E-state index contributed by atoms with van der Waals surface area (Å²) in [7, 11) is 0. The summed E-state index contributed by atoms with van der Waals surface area (Å²) in [5, 5.41) is 0. The van der Waals surface area contributed by atoms with E-state index in [0.29, 0.717) is 5.56 Å². The molecule has 0 spiro atoms. The van der Waals surface area contributed by atoms with Crippen LogP contribution in [0.2, 0.25) is 0 Å². The van der Waals surface area contributed by atoms with E-state index >= 15 is 0 Å². The molecule has 0 fully saturated rings. The van der Waals surface area contributed by atoms with E-state index in [1.807, 2.05) is 26.8 Å². The van der Waals surface area contributed by atoms with Crippen molar-refractivity contribution in [1.29, 1.82) is 0 Å². The van der Waals surface area contributed by atoms with Gasteiger partial charge in [0.25, 0.3) is 0 Å². The molecule has 0 saturated carbocycles. The predicted octanol–water partition coefficient (Wildman–Crippen LogP) is 2.59. The summed E-state index contributed by atoms with van der Waals surface area (Å²) in [4.78, 5) is 10.5. The van der Waals surface area contributed by atoms with Gasteiger partial charge in [0.15, 0.2) is 0 Å². The third kappa shape index (κ3) is 2.58. The summed E-state index contributed by atoms with van der Waals surface area (Å²) < 4.78 is 5.53. The second-order valence-electron chi connectivity index (χ2n) is 3.31. The van der Waals surface area contributed by atoms with Crippen molar-refractivity contribution in [2.45, 2.75) is 26.9 Å². The number of hydrogen-bond donors (Lipinski definition) is 0. The zero-order chi connectivity index (χ0) is 9.84. The third-order valence-electron chi connectivity index (χ3n) is 1.71. The van der Waals surface area contributed by atoms with Crippen molar-refractivity contribution in [3.63, 3.8) is 0 Å². The molecule has 0 unspecified atom stereocenters. The van der Waals surface area contributed by atoms with Crippen molar-refractivity contribution in [3.05, 3.63) is 29.3 Å². The summed E-state index contributed by atoms with van der Waals surface area (Å²) >= 11 is 0. The fourth-order valence-corrected chi connectivity index (χ4v) is 1.07.